The molecule has 2 aromatic carbocycles. The summed E-state index contributed by atoms with van der Waals surface area (Å²) in [6.07, 6.45) is -3.80. The Bertz CT molecular complexity index is 992. The van der Waals surface area contributed by atoms with Gasteiger partial charge in [0.25, 0.3) is 0 Å². The molecule has 0 saturated carbocycles. The van der Waals surface area contributed by atoms with E-state index in [9.17, 15) is 18.0 Å². The second-order valence-electron chi connectivity index (χ2n) is 6.95. The fraction of sp³-hybridized carbons (Fsp3) is 0.333. The average molecular weight is 433 g/mol. The molecule has 1 amide bonds. The van der Waals surface area contributed by atoms with E-state index in [1.165, 1.54) is 23.0 Å². The van der Waals surface area contributed by atoms with Gasteiger partial charge in [0, 0.05) is 12.0 Å². The highest BCUT2D eigenvalue weighted by Gasteiger charge is 2.34. The van der Waals surface area contributed by atoms with Gasteiger partial charge in [-0.1, -0.05) is 42.5 Å². The monoisotopic (exact) mass is 433 g/mol. The van der Waals surface area contributed by atoms with E-state index >= 15 is 0 Å². The molecule has 0 aliphatic heterocycles. The van der Waals surface area contributed by atoms with Gasteiger partial charge in [-0.05, 0) is 30.7 Å². The highest BCUT2D eigenvalue weighted by atomic mass is 19.4. The van der Waals surface area contributed by atoms with Crippen LogP contribution in [-0.4, -0.2) is 38.8 Å². The molecule has 0 spiro atoms. The first kappa shape index (κ1) is 22.3. The molecule has 7 nitrogen and oxygen atoms in total. The van der Waals surface area contributed by atoms with Crippen molar-refractivity contribution < 1.29 is 22.7 Å². The number of aryl methyl sites for hydroxylation is 1. The number of alkyl halides is 3. The molecule has 0 saturated heterocycles. The van der Waals surface area contributed by atoms with E-state index in [0.29, 0.717) is 18.8 Å². The Morgan fingerprint density at radius 1 is 1.13 bits per heavy atom. The van der Waals surface area contributed by atoms with Gasteiger partial charge in [-0.25, -0.2) is 0 Å². The van der Waals surface area contributed by atoms with Gasteiger partial charge in [0.1, 0.15) is 12.4 Å². The fourth-order valence-electron chi connectivity index (χ4n) is 2.85. The van der Waals surface area contributed by atoms with Crippen LogP contribution < -0.4 is 10.1 Å². The molecule has 0 aliphatic rings. The molecule has 31 heavy (non-hydrogen) atoms. The highest BCUT2D eigenvalue weighted by molar-refractivity contribution is 5.76. The fourth-order valence-corrected chi connectivity index (χ4v) is 2.85. The second kappa shape index (κ2) is 10.1. The van der Waals surface area contributed by atoms with Crippen molar-refractivity contribution in [3.8, 4) is 17.1 Å². The molecule has 0 radical (unpaired) electrons. The van der Waals surface area contributed by atoms with E-state index < -0.39 is 17.8 Å². The SMILES string of the molecule is CC(COc1ccccc1C(F)(F)F)NC(=O)CCCn1nnc(-c2ccccc2)n1. The van der Waals surface area contributed by atoms with Crippen LogP contribution in [0.3, 0.4) is 0 Å². The summed E-state index contributed by atoms with van der Waals surface area (Å²) < 4.78 is 44.3. The number of nitrogens with one attached hydrogen (secondary N) is 1. The summed E-state index contributed by atoms with van der Waals surface area (Å²) in [4.78, 5) is 13.5. The second-order valence-corrected chi connectivity index (χ2v) is 6.95. The molecule has 10 heteroatoms. The molecule has 0 aliphatic carbocycles. The lowest BCUT2D eigenvalue weighted by Crippen LogP contribution is -2.37. The van der Waals surface area contributed by atoms with Crippen molar-refractivity contribution >= 4 is 5.91 Å². The number of amides is 1. The maximum Gasteiger partial charge on any atom is 0.419 e. The molecule has 0 bridgehead atoms. The van der Waals surface area contributed by atoms with Gasteiger partial charge in [0.2, 0.25) is 11.7 Å². The van der Waals surface area contributed by atoms with E-state index in [1.807, 2.05) is 30.3 Å². The van der Waals surface area contributed by atoms with Gasteiger partial charge in [0.15, 0.2) is 0 Å². The lowest BCUT2D eigenvalue weighted by Gasteiger charge is -2.17. The minimum atomic E-state index is -4.50. The summed E-state index contributed by atoms with van der Waals surface area (Å²) in [5, 5.41) is 15.0. The summed E-state index contributed by atoms with van der Waals surface area (Å²) in [7, 11) is 0. The molecular formula is C21H22F3N5O2. The number of hydrogen-bond acceptors (Lipinski definition) is 5. The van der Waals surface area contributed by atoms with Crippen LogP contribution >= 0.6 is 0 Å². The van der Waals surface area contributed by atoms with Crippen molar-refractivity contribution in [1.29, 1.82) is 0 Å². The number of rotatable bonds is 9. The summed E-state index contributed by atoms with van der Waals surface area (Å²) in [6, 6.07) is 13.9. The molecule has 3 rings (SSSR count). The smallest absolute Gasteiger partial charge is 0.419 e. The van der Waals surface area contributed by atoms with Gasteiger partial charge >= 0.3 is 6.18 Å². The van der Waals surface area contributed by atoms with Gasteiger partial charge in [-0.15, -0.1) is 10.2 Å². The number of tetrazole rings is 1. The number of carbonyl (C=O) groups excluding carboxylic acids is 1. The van der Waals surface area contributed by atoms with Crippen LogP contribution in [-0.2, 0) is 17.5 Å². The van der Waals surface area contributed by atoms with Crippen molar-refractivity contribution in [1.82, 2.24) is 25.5 Å². The number of para-hydroxylation sites is 1. The van der Waals surface area contributed by atoms with Gasteiger partial charge in [-0.2, -0.15) is 18.0 Å². The van der Waals surface area contributed by atoms with Crippen LogP contribution in [0.1, 0.15) is 25.3 Å². The van der Waals surface area contributed by atoms with Crippen LogP contribution in [0.2, 0.25) is 0 Å². The topological polar surface area (TPSA) is 81.9 Å². The first-order valence-corrected chi connectivity index (χ1v) is 9.74. The molecule has 1 unspecified atom stereocenters. The lowest BCUT2D eigenvalue weighted by molar-refractivity contribution is -0.139. The molecule has 1 aromatic heterocycles. The van der Waals surface area contributed by atoms with Gasteiger partial charge in [0.05, 0.1) is 18.2 Å². The van der Waals surface area contributed by atoms with Crippen molar-refractivity contribution in [3.63, 3.8) is 0 Å². The first-order chi connectivity index (χ1) is 14.8. The van der Waals surface area contributed by atoms with Crippen LogP contribution in [0.15, 0.2) is 54.6 Å². The lowest BCUT2D eigenvalue weighted by atomic mass is 10.2. The molecule has 0 fully saturated rings. The quantitative estimate of drug-likeness (QED) is 0.556. The molecule has 1 heterocycles. The van der Waals surface area contributed by atoms with Crippen LogP contribution in [0, 0.1) is 0 Å². The Balaban J connectivity index is 1.41. The summed E-state index contributed by atoms with van der Waals surface area (Å²) >= 11 is 0. The number of halogens is 3. The molecule has 3 aromatic rings. The van der Waals surface area contributed by atoms with E-state index in [1.54, 1.807) is 6.92 Å². The summed E-state index contributed by atoms with van der Waals surface area (Å²) in [6.45, 7) is 2.00. The Morgan fingerprint density at radius 2 is 1.84 bits per heavy atom. The third-order valence-electron chi connectivity index (χ3n) is 4.34. The predicted molar refractivity (Wildman–Crippen MR) is 107 cm³/mol. The largest absolute Gasteiger partial charge is 0.491 e. The molecule has 164 valence electrons. The minimum absolute atomic E-state index is 0.0795. The molecular weight excluding hydrogens is 411 g/mol. The highest BCUT2D eigenvalue weighted by Crippen LogP contribution is 2.35. The number of carbonyl (C=O) groups is 1. The third-order valence-corrected chi connectivity index (χ3v) is 4.34. The van der Waals surface area contributed by atoms with E-state index in [-0.39, 0.29) is 24.7 Å². The van der Waals surface area contributed by atoms with E-state index in [2.05, 4.69) is 20.7 Å². The minimum Gasteiger partial charge on any atom is -0.491 e. The van der Waals surface area contributed by atoms with Crippen LogP contribution in [0.4, 0.5) is 13.2 Å². The maximum atomic E-state index is 13.0. The van der Waals surface area contributed by atoms with Gasteiger partial charge in [-0.3, -0.25) is 4.79 Å². The standard InChI is InChI=1S/C21H22F3N5O2/c1-15(14-31-18-11-6-5-10-17(18)21(22,23)24)25-19(30)12-7-13-29-27-20(26-28-29)16-8-3-2-4-9-16/h2-6,8-11,15H,7,12-14H2,1H3,(H,25,30). The van der Waals surface area contributed by atoms with Crippen LogP contribution in [0.25, 0.3) is 11.4 Å². The normalized spacial score (nSPS) is 12.4. The van der Waals surface area contributed by atoms with Gasteiger partial charge < -0.3 is 10.1 Å². The van der Waals surface area contributed by atoms with Crippen molar-refractivity contribution in [2.24, 2.45) is 0 Å². The average Bonchev–Trinajstić information content (AvgIpc) is 3.21. The Hall–Kier alpha value is -3.43. The van der Waals surface area contributed by atoms with Crippen LogP contribution in [0.5, 0.6) is 5.75 Å². The number of hydrogen-bond donors (Lipinski definition) is 1. The Labute approximate surface area is 177 Å². The zero-order valence-corrected chi connectivity index (χ0v) is 16.8. The number of nitrogens with zero attached hydrogens (tertiary/aromatic N) is 4. The molecule has 1 N–H and O–H groups in total. The zero-order chi connectivity index (χ0) is 22.3. The van der Waals surface area contributed by atoms with Crippen molar-refractivity contribution in [2.75, 3.05) is 6.61 Å². The number of ether oxygens (including phenoxy) is 1. The number of aromatic nitrogens is 4. The Morgan fingerprint density at radius 3 is 2.58 bits per heavy atom. The zero-order valence-electron chi connectivity index (χ0n) is 16.8. The summed E-state index contributed by atoms with van der Waals surface area (Å²) in [5.41, 5.74) is 0.0103. The van der Waals surface area contributed by atoms with Crippen molar-refractivity contribution in [2.45, 2.75) is 38.5 Å². The van der Waals surface area contributed by atoms with E-state index in [4.69, 9.17) is 4.74 Å². The maximum absolute atomic E-state index is 13.0. The summed E-state index contributed by atoms with van der Waals surface area (Å²) in [5.74, 6) is 0.0149. The molecule has 1 atom stereocenters. The predicted octanol–water partition coefficient (Wildman–Crippen LogP) is 3.72. The number of benzene rings is 2. The van der Waals surface area contributed by atoms with E-state index in [0.717, 1.165) is 11.6 Å². The Kier molecular flexibility index (Phi) is 7.22. The first-order valence-electron chi connectivity index (χ1n) is 9.74. The van der Waals surface area contributed by atoms with Crippen molar-refractivity contribution in [3.05, 3.63) is 60.2 Å². The third kappa shape index (κ3) is 6.53.